The molecule has 3 nitrogen and oxygen atoms in total. The van der Waals surface area contributed by atoms with E-state index in [0.717, 1.165) is 36.9 Å². The molecule has 2 N–H and O–H groups in total. The lowest BCUT2D eigenvalue weighted by atomic mass is 9.99. The molecule has 1 atom stereocenters. The van der Waals surface area contributed by atoms with E-state index in [4.69, 9.17) is 18.0 Å². The smallest absolute Gasteiger partial charge is 0.169 e. The zero-order valence-electron chi connectivity index (χ0n) is 15.0. The Hall–Kier alpha value is -1.56. The highest BCUT2D eigenvalue weighted by atomic mass is 32.2. The Kier molecular flexibility index (Phi) is 6.22. The molecule has 0 spiro atoms. The van der Waals surface area contributed by atoms with E-state index in [2.05, 4.69) is 48.3 Å². The Bertz CT molecular complexity index is 787. The van der Waals surface area contributed by atoms with Gasteiger partial charge in [0.1, 0.15) is 4.87 Å². The van der Waals surface area contributed by atoms with Crippen LogP contribution in [0.15, 0.2) is 42.6 Å². The number of ketones is 1. The van der Waals surface area contributed by atoms with Crippen LogP contribution in [0, 0.1) is 0 Å². The summed E-state index contributed by atoms with van der Waals surface area (Å²) in [6.07, 6.45) is 6.93. The average molecular weight is 385 g/mol. The van der Waals surface area contributed by atoms with Gasteiger partial charge in [0.15, 0.2) is 5.78 Å². The predicted octanol–water partition coefficient (Wildman–Crippen LogP) is 4.05. The minimum atomic E-state index is -0.880. The van der Waals surface area contributed by atoms with Crippen LogP contribution in [0.5, 0.6) is 0 Å². The number of nitrogens with zero attached hydrogens (tertiary/aromatic N) is 1. The largest absolute Gasteiger partial charge is 0.310 e. The third-order valence-electron chi connectivity index (χ3n) is 4.76. The number of carbonyl (C=O) groups excluding carboxylic acids is 1. The first-order chi connectivity index (χ1) is 12.5. The monoisotopic (exact) mass is 384 g/mol. The second-order valence-electron chi connectivity index (χ2n) is 6.82. The minimum absolute atomic E-state index is 0.0400. The Balaban J connectivity index is 1.51. The molecule has 0 amide bonds. The maximum absolute atomic E-state index is 12.1. The van der Waals surface area contributed by atoms with Gasteiger partial charge in [-0.25, -0.2) is 0 Å². The first kappa shape index (κ1) is 19.2. The number of nitrogens with two attached hydrogens (primary N) is 1. The Labute approximate surface area is 164 Å². The standard InChI is InChI=1S/C21H24N2OS2/c1-2-15-10-11-18(23-14-15)5-3-4-16-6-8-17(9-7-16)13-21(22)19(24)12-20(25)26-21/h6-11,14H,2-5,12-13,22H2,1H3. The van der Waals surface area contributed by atoms with E-state index in [1.807, 2.05) is 6.20 Å². The van der Waals surface area contributed by atoms with Crippen LogP contribution in [-0.4, -0.2) is 19.8 Å². The summed E-state index contributed by atoms with van der Waals surface area (Å²) >= 11 is 6.48. The summed E-state index contributed by atoms with van der Waals surface area (Å²) in [4.78, 5) is 15.7. The molecule has 1 unspecified atom stereocenters. The summed E-state index contributed by atoms with van der Waals surface area (Å²) in [6.45, 7) is 2.14. The third-order valence-corrected chi connectivity index (χ3v) is 6.26. The van der Waals surface area contributed by atoms with Crippen LogP contribution in [0.2, 0.25) is 0 Å². The number of hydrogen-bond donors (Lipinski definition) is 1. The summed E-state index contributed by atoms with van der Waals surface area (Å²) in [5.74, 6) is 0.0400. The van der Waals surface area contributed by atoms with Crippen LogP contribution < -0.4 is 5.73 Å². The van der Waals surface area contributed by atoms with Gasteiger partial charge in [0, 0.05) is 18.3 Å². The molecule has 1 saturated heterocycles. The molecule has 1 aliphatic rings. The van der Waals surface area contributed by atoms with Gasteiger partial charge in [-0.2, -0.15) is 0 Å². The molecule has 1 fully saturated rings. The molecule has 2 aromatic rings. The zero-order valence-corrected chi connectivity index (χ0v) is 16.7. The summed E-state index contributed by atoms with van der Waals surface area (Å²) < 4.78 is 0.703. The number of rotatable bonds is 7. The third kappa shape index (κ3) is 4.78. The summed E-state index contributed by atoms with van der Waals surface area (Å²) in [7, 11) is 0. The molecular formula is C21H24N2OS2. The van der Waals surface area contributed by atoms with Crippen LogP contribution in [-0.2, 0) is 30.5 Å². The summed E-state index contributed by atoms with van der Waals surface area (Å²) in [5, 5.41) is 0. The molecule has 0 saturated carbocycles. The van der Waals surface area contributed by atoms with Gasteiger partial charge < -0.3 is 5.73 Å². The highest BCUT2D eigenvalue weighted by molar-refractivity contribution is 8.25. The Morgan fingerprint density at radius 3 is 2.38 bits per heavy atom. The van der Waals surface area contributed by atoms with E-state index in [1.165, 1.54) is 22.9 Å². The van der Waals surface area contributed by atoms with Crippen molar-refractivity contribution in [2.24, 2.45) is 5.73 Å². The second-order valence-corrected chi connectivity index (χ2v) is 9.00. The van der Waals surface area contributed by atoms with Gasteiger partial charge in [-0.1, -0.05) is 61.2 Å². The van der Waals surface area contributed by atoms with Crippen molar-refractivity contribution in [3.05, 3.63) is 65.0 Å². The van der Waals surface area contributed by atoms with Gasteiger partial charge in [0.25, 0.3) is 0 Å². The number of hydrogen-bond acceptors (Lipinski definition) is 5. The van der Waals surface area contributed by atoms with Crippen molar-refractivity contribution in [2.75, 3.05) is 0 Å². The molecule has 1 aromatic heterocycles. The highest BCUT2D eigenvalue weighted by Crippen LogP contribution is 2.35. The molecule has 5 heteroatoms. The van der Waals surface area contributed by atoms with Crippen LogP contribution in [0.3, 0.4) is 0 Å². The molecule has 0 bridgehead atoms. The SMILES string of the molecule is CCc1ccc(CCCc2ccc(CC3(N)SC(=S)CC3=O)cc2)nc1. The van der Waals surface area contributed by atoms with Gasteiger partial charge >= 0.3 is 0 Å². The zero-order chi connectivity index (χ0) is 18.6. The van der Waals surface area contributed by atoms with Crippen LogP contribution in [0.4, 0.5) is 0 Å². The van der Waals surface area contributed by atoms with E-state index >= 15 is 0 Å². The van der Waals surface area contributed by atoms with Crippen LogP contribution in [0.25, 0.3) is 0 Å². The van der Waals surface area contributed by atoms with E-state index in [1.54, 1.807) is 0 Å². The topological polar surface area (TPSA) is 56.0 Å². The number of benzene rings is 1. The van der Waals surface area contributed by atoms with Gasteiger partial charge in [-0.05, 0) is 48.4 Å². The fraction of sp³-hybridized carbons (Fsp3) is 0.381. The minimum Gasteiger partial charge on any atom is -0.310 e. The quantitative estimate of drug-likeness (QED) is 0.730. The van der Waals surface area contributed by atoms with E-state index in [-0.39, 0.29) is 5.78 Å². The van der Waals surface area contributed by atoms with Gasteiger partial charge in [-0.3, -0.25) is 9.78 Å². The maximum Gasteiger partial charge on any atom is 0.169 e. The first-order valence-corrected chi connectivity index (χ1v) is 10.3. The second kappa shape index (κ2) is 8.42. The van der Waals surface area contributed by atoms with Gasteiger partial charge in [-0.15, -0.1) is 0 Å². The molecule has 2 heterocycles. The molecule has 1 aliphatic heterocycles. The molecule has 0 aliphatic carbocycles. The normalized spacial score (nSPS) is 19.9. The molecule has 136 valence electrons. The van der Waals surface area contributed by atoms with Crippen molar-refractivity contribution in [3.8, 4) is 0 Å². The molecule has 26 heavy (non-hydrogen) atoms. The first-order valence-electron chi connectivity index (χ1n) is 9.04. The Morgan fingerprint density at radius 1 is 1.12 bits per heavy atom. The van der Waals surface area contributed by atoms with Crippen molar-refractivity contribution >= 4 is 34.0 Å². The Morgan fingerprint density at radius 2 is 1.81 bits per heavy atom. The number of thiocarbonyl (C=S) groups is 1. The molecule has 3 rings (SSSR count). The lowest BCUT2D eigenvalue weighted by molar-refractivity contribution is -0.119. The van der Waals surface area contributed by atoms with E-state index < -0.39 is 4.87 Å². The maximum atomic E-state index is 12.1. The molecule has 0 radical (unpaired) electrons. The lowest BCUT2D eigenvalue weighted by Gasteiger charge is -2.20. The van der Waals surface area contributed by atoms with Crippen molar-refractivity contribution in [1.29, 1.82) is 0 Å². The highest BCUT2D eigenvalue weighted by Gasteiger charge is 2.42. The number of thioether (sulfide) groups is 1. The molecular weight excluding hydrogens is 360 g/mol. The lowest BCUT2D eigenvalue weighted by Crippen LogP contribution is -2.43. The van der Waals surface area contributed by atoms with Crippen molar-refractivity contribution < 1.29 is 4.79 Å². The van der Waals surface area contributed by atoms with Crippen molar-refractivity contribution in [2.45, 2.75) is 50.3 Å². The number of aromatic nitrogens is 1. The van der Waals surface area contributed by atoms with Gasteiger partial charge in [0.2, 0.25) is 0 Å². The van der Waals surface area contributed by atoms with Crippen LogP contribution >= 0.6 is 24.0 Å². The number of aryl methyl sites for hydroxylation is 3. The number of carbonyl (C=O) groups is 1. The number of pyridine rings is 1. The van der Waals surface area contributed by atoms with Crippen LogP contribution in [0.1, 0.15) is 42.1 Å². The van der Waals surface area contributed by atoms with E-state index in [0.29, 0.717) is 17.0 Å². The summed E-state index contributed by atoms with van der Waals surface area (Å²) in [6, 6.07) is 12.7. The average Bonchev–Trinajstić information content (AvgIpc) is 2.88. The number of Topliss-reactive ketones (excluding diaryl/α,β-unsaturated/α-hetero) is 1. The fourth-order valence-corrected chi connectivity index (χ4v) is 4.74. The van der Waals surface area contributed by atoms with E-state index in [9.17, 15) is 4.79 Å². The fourth-order valence-electron chi connectivity index (χ4n) is 3.12. The molecule has 1 aromatic carbocycles. The van der Waals surface area contributed by atoms with Crippen molar-refractivity contribution in [3.63, 3.8) is 0 Å². The predicted molar refractivity (Wildman–Crippen MR) is 113 cm³/mol. The van der Waals surface area contributed by atoms with Gasteiger partial charge in [0.05, 0.1) is 10.6 Å². The summed E-state index contributed by atoms with van der Waals surface area (Å²) in [5.41, 5.74) is 11.1. The van der Waals surface area contributed by atoms with Crippen molar-refractivity contribution in [1.82, 2.24) is 4.98 Å².